The van der Waals surface area contributed by atoms with Crippen LogP contribution < -0.4 is 4.74 Å². The average molecular weight is 378 g/mol. The molecule has 2 aromatic rings. The lowest BCUT2D eigenvalue weighted by atomic mass is 9.95. The third kappa shape index (κ3) is 2.95. The lowest BCUT2D eigenvalue weighted by Gasteiger charge is -2.24. The molecule has 6 nitrogen and oxygen atoms in total. The number of nitrogens with zero attached hydrogens (tertiary/aromatic N) is 2. The van der Waals surface area contributed by atoms with Gasteiger partial charge in [-0.25, -0.2) is 0 Å². The van der Waals surface area contributed by atoms with Crippen LogP contribution >= 0.6 is 0 Å². The molecule has 1 fully saturated rings. The predicted octanol–water partition coefficient (Wildman–Crippen LogP) is 3.24. The van der Waals surface area contributed by atoms with Crippen LogP contribution in [0.25, 0.3) is 5.76 Å². The van der Waals surface area contributed by atoms with Crippen molar-refractivity contribution in [2.45, 2.75) is 38.8 Å². The summed E-state index contributed by atoms with van der Waals surface area (Å²) in [4.78, 5) is 31.1. The van der Waals surface area contributed by atoms with Crippen molar-refractivity contribution < 1.29 is 19.4 Å². The van der Waals surface area contributed by atoms with Crippen molar-refractivity contribution >= 4 is 17.4 Å². The first-order valence-electron chi connectivity index (χ1n) is 9.49. The molecule has 2 aliphatic rings. The summed E-state index contributed by atoms with van der Waals surface area (Å²) in [6, 6.07) is 8.29. The van der Waals surface area contributed by atoms with E-state index in [0.29, 0.717) is 24.1 Å². The summed E-state index contributed by atoms with van der Waals surface area (Å²) in [6.07, 6.45) is 4.80. The second kappa shape index (κ2) is 7.11. The highest BCUT2D eigenvalue weighted by atomic mass is 16.5. The minimum Gasteiger partial charge on any atom is -0.507 e. The van der Waals surface area contributed by atoms with E-state index < -0.39 is 17.7 Å². The van der Waals surface area contributed by atoms with Crippen molar-refractivity contribution in [2.75, 3.05) is 6.54 Å². The monoisotopic (exact) mass is 378 g/mol. The number of aliphatic hydroxyl groups excluding tert-OH is 1. The number of carbonyl (C=O) groups excluding carboxylic acids is 2. The Morgan fingerprint density at radius 3 is 2.86 bits per heavy atom. The molecular formula is C22H22N2O4. The quantitative estimate of drug-likeness (QED) is 0.502. The Labute approximate surface area is 163 Å². The van der Waals surface area contributed by atoms with E-state index in [1.807, 2.05) is 26.0 Å². The highest BCUT2D eigenvalue weighted by molar-refractivity contribution is 6.46. The predicted molar refractivity (Wildman–Crippen MR) is 104 cm³/mol. The molecule has 6 heteroatoms. The molecular weight excluding hydrogens is 356 g/mol. The van der Waals surface area contributed by atoms with Gasteiger partial charge in [0.05, 0.1) is 11.6 Å². The zero-order valence-electron chi connectivity index (χ0n) is 15.9. The molecule has 2 aliphatic heterocycles. The van der Waals surface area contributed by atoms with E-state index in [2.05, 4.69) is 4.98 Å². The minimum atomic E-state index is -0.662. The molecule has 1 N–H and O–H groups in total. The van der Waals surface area contributed by atoms with Gasteiger partial charge in [-0.2, -0.15) is 0 Å². The van der Waals surface area contributed by atoms with Gasteiger partial charge in [-0.15, -0.1) is 0 Å². The van der Waals surface area contributed by atoms with Gasteiger partial charge < -0.3 is 14.7 Å². The van der Waals surface area contributed by atoms with Crippen LogP contribution in [-0.2, 0) is 16.0 Å². The fraction of sp³-hybridized carbons (Fsp3) is 0.318. The number of aromatic nitrogens is 1. The number of hydrogen-bond acceptors (Lipinski definition) is 5. The summed E-state index contributed by atoms with van der Waals surface area (Å²) in [7, 11) is 0. The first-order chi connectivity index (χ1) is 13.5. The summed E-state index contributed by atoms with van der Waals surface area (Å²) >= 11 is 0. The van der Waals surface area contributed by atoms with Gasteiger partial charge in [0.25, 0.3) is 11.7 Å². The van der Waals surface area contributed by atoms with E-state index in [0.717, 1.165) is 17.7 Å². The van der Waals surface area contributed by atoms with Gasteiger partial charge in [-0.05, 0) is 48.7 Å². The maximum Gasteiger partial charge on any atom is 0.295 e. The van der Waals surface area contributed by atoms with Gasteiger partial charge in [0, 0.05) is 30.9 Å². The van der Waals surface area contributed by atoms with Crippen LogP contribution in [0.1, 0.15) is 43.0 Å². The Morgan fingerprint density at radius 2 is 2.14 bits per heavy atom. The smallest absolute Gasteiger partial charge is 0.295 e. The molecule has 0 bridgehead atoms. The number of benzene rings is 1. The van der Waals surface area contributed by atoms with E-state index in [4.69, 9.17) is 4.74 Å². The third-order valence-corrected chi connectivity index (χ3v) is 5.17. The Kier molecular flexibility index (Phi) is 4.63. The summed E-state index contributed by atoms with van der Waals surface area (Å²) in [6.45, 7) is 4.36. The largest absolute Gasteiger partial charge is 0.507 e. The molecule has 2 atom stereocenters. The second-order valence-corrected chi connectivity index (χ2v) is 7.23. The number of Topliss-reactive ketones (excluding diaryl/α,β-unsaturated/α-hetero) is 1. The number of ketones is 1. The SMILES string of the molecule is CCCN1C(=O)C(=O)/C(=C(\O)c2ccc3c(c2)CC(C)O3)C1c1cccnc1. The lowest BCUT2D eigenvalue weighted by molar-refractivity contribution is -0.139. The molecule has 1 aromatic heterocycles. The zero-order valence-corrected chi connectivity index (χ0v) is 15.9. The molecule has 1 amide bonds. The molecule has 4 rings (SSSR count). The Bertz CT molecular complexity index is 968. The van der Waals surface area contributed by atoms with Gasteiger partial charge in [0.15, 0.2) is 0 Å². The van der Waals surface area contributed by atoms with Gasteiger partial charge in [-0.3, -0.25) is 14.6 Å². The summed E-state index contributed by atoms with van der Waals surface area (Å²) in [5.41, 5.74) is 2.31. The maximum absolute atomic E-state index is 12.8. The number of pyridine rings is 1. The van der Waals surface area contributed by atoms with Crippen molar-refractivity contribution in [3.8, 4) is 5.75 Å². The second-order valence-electron chi connectivity index (χ2n) is 7.23. The lowest BCUT2D eigenvalue weighted by Crippen LogP contribution is -2.30. The number of likely N-dealkylation sites (tertiary alicyclic amines) is 1. The average Bonchev–Trinajstić information content (AvgIpc) is 3.19. The molecule has 1 aromatic carbocycles. The van der Waals surface area contributed by atoms with Crippen LogP contribution in [0.15, 0.2) is 48.3 Å². The molecule has 0 saturated carbocycles. The molecule has 144 valence electrons. The molecule has 0 spiro atoms. The van der Waals surface area contributed by atoms with Crippen molar-refractivity contribution in [3.63, 3.8) is 0 Å². The van der Waals surface area contributed by atoms with Crippen molar-refractivity contribution in [1.82, 2.24) is 9.88 Å². The number of hydrogen-bond donors (Lipinski definition) is 1. The number of rotatable bonds is 4. The topological polar surface area (TPSA) is 79.7 Å². The standard InChI is InChI=1S/C22H22N2O4/c1-3-9-24-19(15-5-4-8-23-12-15)18(21(26)22(24)27)20(25)14-6-7-17-16(11-14)10-13(2)28-17/h4-8,11-13,19,25H,3,9-10H2,1-2H3/b20-18-. The Hall–Kier alpha value is -3.15. The normalized spacial score (nSPS) is 23.0. The third-order valence-electron chi connectivity index (χ3n) is 5.17. The maximum atomic E-state index is 12.8. The molecule has 2 unspecified atom stereocenters. The first-order valence-corrected chi connectivity index (χ1v) is 9.49. The number of fused-ring (bicyclic) bond motifs is 1. The minimum absolute atomic E-state index is 0.0814. The fourth-order valence-electron chi connectivity index (χ4n) is 3.96. The molecule has 3 heterocycles. The molecule has 0 radical (unpaired) electrons. The van der Waals surface area contributed by atoms with Gasteiger partial charge in [0.2, 0.25) is 0 Å². The van der Waals surface area contributed by atoms with Gasteiger partial charge in [-0.1, -0.05) is 13.0 Å². The van der Waals surface area contributed by atoms with E-state index in [1.54, 1.807) is 30.6 Å². The zero-order chi connectivity index (χ0) is 19.8. The first kappa shape index (κ1) is 18.2. The highest BCUT2D eigenvalue weighted by Gasteiger charge is 2.45. The summed E-state index contributed by atoms with van der Waals surface area (Å²) < 4.78 is 5.71. The number of aliphatic hydroxyl groups is 1. The number of ether oxygens (including phenoxy) is 1. The van der Waals surface area contributed by atoms with Crippen molar-refractivity contribution in [1.29, 1.82) is 0 Å². The van der Waals surface area contributed by atoms with Crippen LogP contribution in [0.5, 0.6) is 5.75 Å². The Balaban J connectivity index is 1.84. The van der Waals surface area contributed by atoms with Gasteiger partial charge in [0.1, 0.15) is 17.6 Å². The molecule has 1 saturated heterocycles. The van der Waals surface area contributed by atoms with Crippen molar-refractivity contribution in [3.05, 3.63) is 65.0 Å². The van der Waals surface area contributed by atoms with Crippen LogP contribution in [0, 0.1) is 0 Å². The van der Waals surface area contributed by atoms with E-state index in [-0.39, 0.29) is 17.4 Å². The number of carbonyl (C=O) groups is 2. The Morgan fingerprint density at radius 1 is 1.32 bits per heavy atom. The summed E-state index contributed by atoms with van der Waals surface area (Å²) in [5, 5.41) is 11.0. The van der Waals surface area contributed by atoms with Crippen LogP contribution in [0.4, 0.5) is 0 Å². The van der Waals surface area contributed by atoms with E-state index >= 15 is 0 Å². The number of amides is 1. The molecule has 28 heavy (non-hydrogen) atoms. The van der Waals surface area contributed by atoms with Gasteiger partial charge >= 0.3 is 0 Å². The molecule has 0 aliphatic carbocycles. The van der Waals surface area contributed by atoms with E-state index in [9.17, 15) is 14.7 Å². The van der Waals surface area contributed by atoms with Crippen molar-refractivity contribution in [2.24, 2.45) is 0 Å². The fourth-order valence-corrected chi connectivity index (χ4v) is 3.96. The highest BCUT2D eigenvalue weighted by Crippen LogP contribution is 2.40. The van der Waals surface area contributed by atoms with Crippen LogP contribution in [0.3, 0.4) is 0 Å². The van der Waals surface area contributed by atoms with Crippen LogP contribution in [0.2, 0.25) is 0 Å². The summed E-state index contributed by atoms with van der Waals surface area (Å²) in [5.74, 6) is -0.618. The van der Waals surface area contributed by atoms with Crippen LogP contribution in [-0.4, -0.2) is 39.3 Å². The van der Waals surface area contributed by atoms with E-state index in [1.165, 1.54) is 4.90 Å².